The van der Waals surface area contributed by atoms with E-state index < -0.39 is 0 Å². The van der Waals surface area contributed by atoms with E-state index in [4.69, 9.17) is 11.6 Å². The lowest BCUT2D eigenvalue weighted by atomic mass is 10.0. The van der Waals surface area contributed by atoms with Crippen molar-refractivity contribution in [1.29, 1.82) is 0 Å². The highest BCUT2D eigenvalue weighted by molar-refractivity contribution is 6.30. The number of hydrogen-bond acceptors (Lipinski definition) is 1. The maximum Gasteiger partial charge on any atom is 0.322 e. The summed E-state index contributed by atoms with van der Waals surface area (Å²) in [5.41, 5.74) is 2.51. The molecule has 26 heavy (non-hydrogen) atoms. The molecular formula is C20H17ClFN3O. The Bertz CT molecular complexity index is 938. The lowest BCUT2D eigenvalue weighted by molar-refractivity contribution is 0.182. The number of nitrogens with zero attached hydrogens (tertiary/aromatic N) is 2. The van der Waals surface area contributed by atoms with Crippen molar-refractivity contribution < 1.29 is 9.18 Å². The summed E-state index contributed by atoms with van der Waals surface area (Å²) in [6.07, 6.45) is 2.00. The summed E-state index contributed by atoms with van der Waals surface area (Å²) in [5.74, 6) is -0.296. The van der Waals surface area contributed by atoms with Crippen LogP contribution in [0.1, 0.15) is 17.3 Å². The summed E-state index contributed by atoms with van der Waals surface area (Å²) >= 11 is 6.00. The van der Waals surface area contributed by atoms with Crippen LogP contribution in [0.4, 0.5) is 14.9 Å². The number of fused-ring (bicyclic) bond motifs is 1. The Balaban J connectivity index is 1.67. The minimum Gasteiger partial charge on any atom is -0.348 e. The zero-order valence-electron chi connectivity index (χ0n) is 13.9. The third-order valence-corrected chi connectivity index (χ3v) is 4.80. The van der Waals surface area contributed by atoms with Crippen molar-refractivity contribution in [3.8, 4) is 0 Å². The van der Waals surface area contributed by atoms with Crippen molar-refractivity contribution in [2.45, 2.75) is 12.6 Å². The molecule has 1 aromatic heterocycles. The molecule has 0 aliphatic carbocycles. The molecule has 0 saturated carbocycles. The summed E-state index contributed by atoms with van der Waals surface area (Å²) in [6.45, 7) is 1.26. The molecule has 1 atom stereocenters. The molecule has 0 spiro atoms. The number of rotatable bonds is 2. The van der Waals surface area contributed by atoms with E-state index in [-0.39, 0.29) is 17.9 Å². The Morgan fingerprint density at radius 1 is 1.08 bits per heavy atom. The number of halogens is 2. The number of carbonyl (C=O) groups is 1. The van der Waals surface area contributed by atoms with Crippen LogP contribution in [-0.2, 0) is 6.54 Å². The second-order valence-corrected chi connectivity index (χ2v) is 6.65. The molecule has 0 unspecified atom stereocenters. The van der Waals surface area contributed by atoms with E-state index in [1.807, 2.05) is 18.3 Å². The van der Waals surface area contributed by atoms with E-state index in [9.17, 15) is 9.18 Å². The van der Waals surface area contributed by atoms with Crippen molar-refractivity contribution in [2.75, 3.05) is 11.9 Å². The van der Waals surface area contributed by atoms with Gasteiger partial charge in [-0.2, -0.15) is 0 Å². The van der Waals surface area contributed by atoms with Crippen LogP contribution >= 0.6 is 11.6 Å². The number of urea groups is 1. The maximum atomic E-state index is 13.4. The molecule has 1 N–H and O–H groups in total. The van der Waals surface area contributed by atoms with Gasteiger partial charge in [-0.05, 0) is 48.0 Å². The van der Waals surface area contributed by atoms with Gasteiger partial charge in [0, 0.05) is 35.7 Å². The van der Waals surface area contributed by atoms with Gasteiger partial charge in [0.15, 0.2) is 0 Å². The van der Waals surface area contributed by atoms with Gasteiger partial charge in [-0.25, -0.2) is 9.18 Å². The SMILES string of the molecule is O=C(Nc1cccc(Cl)c1)N1CCn2cccc2[C@@H]1c1ccc(F)cc1. The summed E-state index contributed by atoms with van der Waals surface area (Å²) in [5, 5.41) is 3.47. The fourth-order valence-corrected chi connectivity index (χ4v) is 3.55. The van der Waals surface area contributed by atoms with Gasteiger partial charge in [-0.1, -0.05) is 29.8 Å². The number of benzene rings is 2. The van der Waals surface area contributed by atoms with Crippen LogP contribution in [0.5, 0.6) is 0 Å². The molecule has 1 aliphatic rings. The summed E-state index contributed by atoms with van der Waals surface area (Å²) in [4.78, 5) is 14.7. The van der Waals surface area contributed by atoms with Gasteiger partial charge >= 0.3 is 6.03 Å². The number of carbonyl (C=O) groups excluding carboxylic acids is 1. The molecule has 4 nitrogen and oxygen atoms in total. The number of hydrogen-bond donors (Lipinski definition) is 1. The van der Waals surface area contributed by atoms with Crippen molar-refractivity contribution in [3.05, 3.63) is 89.0 Å². The molecule has 0 fully saturated rings. The van der Waals surface area contributed by atoms with E-state index in [1.54, 1.807) is 41.3 Å². The van der Waals surface area contributed by atoms with Crippen LogP contribution in [0, 0.1) is 5.82 Å². The molecule has 2 amide bonds. The zero-order valence-corrected chi connectivity index (χ0v) is 14.7. The molecule has 0 saturated heterocycles. The van der Waals surface area contributed by atoms with Gasteiger partial charge in [-0.15, -0.1) is 0 Å². The second-order valence-electron chi connectivity index (χ2n) is 6.21. The second kappa shape index (κ2) is 6.84. The average molecular weight is 370 g/mol. The molecule has 2 heterocycles. The highest BCUT2D eigenvalue weighted by Crippen LogP contribution is 2.33. The first kappa shape index (κ1) is 16.7. The molecule has 132 valence electrons. The number of anilines is 1. The highest BCUT2D eigenvalue weighted by atomic mass is 35.5. The van der Waals surface area contributed by atoms with Crippen molar-refractivity contribution in [2.24, 2.45) is 0 Å². The monoisotopic (exact) mass is 369 g/mol. The smallest absolute Gasteiger partial charge is 0.322 e. The molecule has 0 radical (unpaired) electrons. The van der Waals surface area contributed by atoms with Gasteiger partial charge < -0.3 is 14.8 Å². The van der Waals surface area contributed by atoms with Crippen LogP contribution in [0.15, 0.2) is 66.9 Å². The quantitative estimate of drug-likeness (QED) is 0.684. The van der Waals surface area contributed by atoms with Gasteiger partial charge in [0.1, 0.15) is 5.82 Å². The van der Waals surface area contributed by atoms with E-state index in [2.05, 4.69) is 9.88 Å². The van der Waals surface area contributed by atoms with Crippen LogP contribution in [0.3, 0.4) is 0 Å². The first-order chi connectivity index (χ1) is 12.6. The Kier molecular flexibility index (Phi) is 4.39. The highest BCUT2D eigenvalue weighted by Gasteiger charge is 2.32. The minimum absolute atomic E-state index is 0.214. The molecule has 4 rings (SSSR count). The number of aromatic nitrogens is 1. The molecule has 6 heteroatoms. The third-order valence-electron chi connectivity index (χ3n) is 4.56. The Morgan fingerprint density at radius 3 is 2.65 bits per heavy atom. The minimum atomic E-state index is -0.296. The first-order valence-electron chi connectivity index (χ1n) is 8.35. The zero-order chi connectivity index (χ0) is 18.1. The summed E-state index contributed by atoms with van der Waals surface area (Å²) in [7, 11) is 0. The maximum absolute atomic E-state index is 13.4. The fraction of sp³-hybridized carbons (Fsp3) is 0.150. The Labute approximate surface area is 155 Å². The lowest BCUT2D eigenvalue weighted by Gasteiger charge is -2.37. The predicted octanol–water partition coefficient (Wildman–Crippen LogP) is 4.92. The van der Waals surface area contributed by atoms with Gasteiger partial charge in [-0.3, -0.25) is 0 Å². The van der Waals surface area contributed by atoms with Gasteiger partial charge in [0.2, 0.25) is 0 Å². The van der Waals surface area contributed by atoms with E-state index >= 15 is 0 Å². The molecular weight excluding hydrogens is 353 g/mol. The van der Waals surface area contributed by atoms with Gasteiger partial charge in [0.05, 0.1) is 6.04 Å². The average Bonchev–Trinajstić information content (AvgIpc) is 3.10. The predicted molar refractivity (Wildman–Crippen MR) is 99.9 cm³/mol. The first-order valence-corrected chi connectivity index (χ1v) is 8.73. The summed E-state index contributed by atoms with van der Waals surface area (Å²) in [6, 6.07) is 16.8. The van der Waals surface area contributed by atoms with Crippen molar-refractivity contribution in [1.82, 2.24) is 9.47 Å². The summed E-state index contributed by atoms with van der Waals surface area (Å²) < 4.78 is 15.5. The molecule has 0 bridgehead atoms. The standard InChI is InChI=1S/C20H17ClFN3O/c21-15-3-1-4-17(13-15)23-20(26)25-12-11-24-10-2-5-18(24)19(25)14-6-8-16(22)9-7-14/h1-10,13,19H,11-12H2,(H,23,26)/t19-/m0/s1. The molecule has 3 aromatic rings. The van der Waals surface area contributed by atoms with Crippen LogP contribution < -0.4 is 5.32 Å². The van der Waals surface area contributed by atoms with Crippen molar-refractivity contribution >= 4 is 23.3 Å². The molecule has 1 aliphatic heterocycles. The van der Waals surface area contributed by atoms with Crippen molar-refractivity contribution in [3.63, 3.8) is 0 Å². The Morgan fingerprint density at radius 2 is 1.88 bits per heavy atom. The number of nitrogens with one attached hydrogen (secondary N) is 1. The van der Waals surface area contributed by atoms with Gasteiger partial charge in [0.25, 0.3) is 0 Å². The third kappa shape index (κ3) is 3.18. The normalized spacial score (nSPS) is 16.2. The van der Waals surface area contributed by atoms with E-state index in [0.29, 0.717) is 23.8 Å². The number of amides is 2. The lowest BCUT2D eigenvalue weighted by Crippen LogP contribution is -2.44. The van der Waals surface area contributed by atoms with Crippen LogP contribution in [0.2, 0.25) is 5.02 Å². The van der Waals surface area contributed by atoms with E-state index in [0.717, 1.165) is 11.3 Å². The fourth-order valence-electron chi connectivity index (χ4n) is 3.36. The topological polar surface area (TPSA) is 37.3 Å². The van der Waals surface area contributed by atoms with Crippen LogP contribution in [0.25, 0.3) is 0 Å². The molecule has 2 aromatic carbocycles. The Hall–Kier alpha value is -2.79. The van der Waals surface area contributed by atoms with Crippen LogP contribution in [-0.4, -0.2) is 22.0 Å². The largest absolute Gasteiger partial charge is 0.348 e. The van der Waals surface area contributed by atoms with E-state index in [1.165, 1.54) is 12.1 Å².